The molecular formula is C24H26Cl2N4O2. The number of anilines is 1. The number of carbonyl (C=O) groups is 1. The second-order valence-corrected chi connectivity index (χ2v) is 8.84. The Morgan fingerprint density at radius 2 is 2.19 bits per heavy atom. The van der Waals surface area contributed by atoms with Gasteiger partial charge in [0.2, 0.25) is 0 Å². The van der Waals surface area contributed by atoms with E-state index in [2.05, 4.69) is 21.3 Å². The lowest BCUT2D eigenvalue weighted by Gasteiger charge is -2.21. The van der Waals surface area contributed by atoms with Crippen LogP contribution in [-0.4, -0.2) is 47.1 Å². The predicted molar refractivity (Wildman–Crippen MR) is 129 cm³/mol. The maximum Gasteiger partial charge on any atom is 0.251 e. The number of rotatable bonds is 5. The van der Waals surface area contributed by atoms with E-state index in [-0.39, 0.29) is 11.9 Å². The van der Waals surface area contributed by atoms with Crippen LogP contribution in [0.25, 0.3) is 5.69 Å². The van der Waals surface area contributed by atoms with Crippen molar-refractivity contribution in [1.29, 1.82) is 0 Å². The zero-order valence-corrected chi connectivity index (χ0v) is 19.6. The highest BCUT2D eigenvalue weighted by atomic mass is 35.5. The van der Waals surface area contributed by atoms with E-state index in [0.29, 0.717) is 17.0 Å². The molecule has 0 spiro atoms. The first kappa shape index (κ1) is 22.5. The minimum Gasteiger partial charge on any atom is -0.494 e. The molecule has 168 valence electrons. The zero-order chi connectivity index (χ0) is 22.7. The van der Waals surface area contributed by atoms with Crippen molar-refractivity contribution >= 4 is 34.8 Å². The molecule has 2 unspecified atom stereocenters. The van der Waals surface area contributed by atoms with Crippen molar-refractivity contribution in [3.8, 4) is 11.4 Å². The summed E-state index contributed by atoms with van der Waals surface area (Å²) in [6.07, 6.45) is 12.5. The number of nitrogens with zero attached hydrogens (tertiary/aromatic N) is 3. The first-order valence-corrected chi connectivity index (χ1v) is 11.4. The lowest BCUT2D eigenvalue weighted by atomic mass is 10.1. The Morgan fingerprint density at radius 1 is 1.34 bits per heavy atom. The van der Waals surface area contributed by atoms with E-state index in [1.165, 1.54) is 0 Å². The largest absolute Gasteiger partial charge is 0.494 e. The van der Waals surface area contributed by atoms with Crippen molar-refractivity contribution in [3.05, 3.63) is 71.3 Å². The van der Waals surface area contributed by atoms with Crippen LogP contribution < -0.4 is 15.0 Å². The molecule has 0 radical (unpaired) electrons. The van der Waals surface area contributed by atoms with Gasteiger partial charge in [-0.15, -0.1) is 11.6 Å². The molecule has 2 heterocycles. The number of carbonyl (C=O) groups excluding carboxylic acids is 1. The Bertz CT molecular complexity index is 1090. The fourth-order valence-corrected chi connectivity index (χ4v) is 4.32. The summed E-state index contributed by atoms with van der Waals surface area (Å²) < 4.78 is 7.58. The summed E-state index contributed by atoms with van der Waals surface area (Å²) in [5, 5.41) is 3.18. The number of aryl methyl sites for hydroxylation is 1. The average molecular weight is 473 g/mol. The van der Waals surface area contributed by atoms with Gasteiger partial charge in [0.25, 0.3) is 5.91 Å². The molecule has 2 aliphatic rings. The third-order valence-corrected chi connectivity index (χ3v) is 6.50. The van der Waals surface area contributed by atoms with Gasteiger partial charge in [-0.2, -0.15) is 0 Å². The van der Waals surface area contributed by atoms with E-state index in [1.807, 2.05) is 42.0 Å². The standard InChI is InChI=1S/C24H26Cl2N4O2/c1-16-13-30(15-27-16)22-8-7-19(12-23(22)32-2)29-10-9-18(14-29)28-24(31)17-5-3-4-6-20(25)21(26)11-17/h3,5-8,11-13,15,18,21H,4,9-10,14H2,1-2H3,(H,28,31)/b5-3-,17-11?,20-6+. The van der Waals surface area contributed by atoms with Gasteiger partial charge < -0.3 is 19.5 Å². The number of methoxy groups -OCH3 is 1. The predicted octanol–water partition coefficient (Wildman–Crippen LogP) is 4.50. The quantitative estimate of drug-likeness (QED) is 0.650. The van der Waals surface area contributed by atoms with Crippen LogP contribution in [0.15, 0.2) is 65.6 Å². The highest BCUT2D eigenvalue weighted by molar-refractivity contribution is 6.38. The van der Waals surface area contributed by atoms with Gasteiger partial charge in [-0.3, -0.25) is 4.79 Å². The Morgan fingerprint density at radius 3 is 2.94 bits per heavy atom. The van der Waals surface area contributed by atoms with Crippen molar-refractivity contribution in [1.82, 2.24) is 14.9 Å². The molecule has 4 rings (SSSR count). The minimum absolute atomic E-state index is 0.0454. The van der Waals surface area contributed by atoms with Crippen molar-refractivity contribution in [2.75, 3.05) is 25.1 Å². The van der Waals surface area contributed by atoms with E-state index in [0.717, 1.165) is 42.3 Å². The van der Waals surface area contributed by atoms with E-state index in [4.69, 9.17) is 27.9 Å². The monoisotopic (exact) mass is 472 g/mol. The molecule has 8 heteroatoms. The smallest absolute Gasteiger partial charge is 0.251 e. The molecule has 6 nitrogen and oxygen atoms in total. The third kappa shape index (κ3) is 5.03. The summed E-state index contributed by atoms with van der Waals surface area (Å²) in [7, 11) is 1.67. The summed E-state index contributed by atoms with van der Waals surface area (Å²) in [6, 6.07) is 6.18. The van der Waals surface area contributed by atoms with Crippen molar-refractivity contribution in [2.24, 2.45) is 0 Å². The summed E-state index contributed by atoms with van der Waals surface area (Å²) in [5.74, 6) is 0.642. The van der Waals surface area contributed by atoms with Gasteiger partial charge in [0, 0.05) is 47.7 Å². The van der Waals surface area contributed by atoms with Gasteiger partial charge in [0.1, 0.15) is 5.75 Å². The highest BCUT2D eigenvalue weighted by Crippen LogP contribution is 2.30. The fourth-order valence-electron chi connectivity index (χ4n) is 3.94. The van der Waals surface area contributed by atoms with Crippen molar-refractivity contribution < 1.29 is 9.53 Å². The van der Waals surface area contributed by atoms with Crippen LogP contribution >= 0.6 is 23.2 Å². The Kier molecular flexibility index (Phi) is 6.92. The lowest BCUT2D eigenvalue weighted by Crippen LogP contribution is -2.37. The normalized spacial score (nSPS) is 23.6. The zero-order valence-electron chi connectivity index (χ0n) is 18.1. The second kappa shape index (κ2) is 9.84. The van der Waals surface area contributed by atoms with Gasteiger partial charge in [-0.05, 0) is 38.0 Å². The molecule has 1 aromatic heterocycles. The van der Waals surface area contributed by atoms with Crippen LogP contribution in [-0.2, 0) is 4.79 Å². The van der Waals surface area contributed by atoms with Crippen LogP contribution in [0.1, 0.15) is 18.5 Å². The topological polar surface area (TPSA) is 59.4 Å². The van der Waals surface area contributed by atoms with Crippen molar-refractivity contribution in [3.63, 3.8) is 0 Å². The van der Waals surface area contributed by atoms with Crippen LogP contribution in [0.5, 0.6) is 5.75 Å². The number of aromatic nitrogens is 2. The molecule has 1 amide bonds. The number of nitrogens with one attached hydrogen (secondary N) is 1. The fraction of sp³-hybridized carbons (Fsp3) is 0.333. The first-order valence-electron chi connectivity index (χ1n) is 10.6. The molecule has 32 heavy (non-hydrogen) atoms. The molecule has 0 saturated carbocycles. The Labute approximate surface area is 198 Å². The van der Waals surface area contributed by atoms with Crippen LogP contribution in [0.3, 0.4) is 0 Å². The Balaban J connectivity index is 1.43. The van der Waals surface area contributed by atoms with Crippen molar-refractivity contribution in [2.45, 2.75) is 31.2 Å². The molecule has 1 aliphatic carbocycles. The van der Waals surface area contributed by atoms with E-state index in [1.54, 1.807) is 25.6 Å². The van der Waals surface area contributed by atoms with E-state index < -0.39 is 5.38 Å². The number of allylic oxidation sites excluding steroid dienone is 4. The molecule has 1 N–H and O–H groups in total. The summed E-state index contributed by atoms with van der Waals surface area (Å²) in [5.41, 5.74) is 3.48. The van der Waals surface area contributed by atoms with Gasteiger partial charge in [0.15, 0.2) is 0 Å². The molecule has 1 aliphatic heterocycles. The van der Waals surface area contributed by atoms with Gasteiger partial charge in [0.05, 0.1) is 30.2 Å². The minimum atomic E-state index is -0.493. The number of amides is 1. The number of hydrogen-bond acceptors (Lipinski definition) is 4. The summed E-state index contributed by atoms with van der Waals surface area (Å²) in [4.78, 5) is 19.4. The number of alkyl halides is 1. The number of imidazole rings is 1. The van der Waals surface area contributed by atoms with Crippen LogP contribution in [0, 0.1) is 6.92 Å². The van der Waals surface area contributed by atoms with E-state index >= 15 is 0 Å². The average Bonchev–Trinajstić information content (AvgIpc) is 3.42. The number of hydrogen-bond donors (Lipinski definition) is 1. The summed E-state index contributed by atoms with van der Waals surface area (Å²) >= 11 is 12.4. The molecule has 0 bridgehead atoms. The second-order valence-electron chi connectivity index (χ2n) is 7.93. The molecule has 1 fully saturated rings. The first-order chi connectivity index (χ1) is 15.4. The maximum absolute atomic E-state index is 12.8. The molecule has 2 aromatic rings. The summed E-state index contributed by atoms with van der Waals surface area (Å²) in [6.45, 7) is 3.52. The molecule has 1 aromatic carbocycles. The SMILES string of the molecule is COc1cc(N2CCC(NC(=O)C3=CC(Cl)/C(Cl)=C\C/C=C\3)C2)ccc1-n1cnc(C)c1. The third-order valence-electron chi connectivity index (χ3n) is 5.64. The number of halogens is 2. The Hall–Kier alpha value is -2.70. The lowest BCUT2D eigenvalue weighted by molar-refractivity contribution is -0.117. The van der Waals surface area contributed by atoms with Gasteiger partial charge in [-0.25, -0.2) is 4.98 Å². The molecular weight excluding hydrogens is 447 g/mol. The molecule has 1 saturated heterocycles. The number of benzene rings is 1. The van der Waals surface area contributed by atoms with Gasteiger partial charge >= 0.3 is 0 Å². The van der Waals surface area contributed by atoms with Crippen LogP contribution in [0.2, 0.25) is 0 Å². The van der Waals surface area contributed by atoms with Crippen LogP contribution in [0.4, 0.5) is 5.69 Å². The maximum atomic E-state index is 12.8. The molecule has 2 atom stereocenters. The highest BCUT2D eigenvalue weighted by Gasteiger charge is 2.26. The number of ether oxygens (including phenoxy) is 1. The van der Waals surface area contributed by atoms with E-state index in [9.17, 15) is 4.79 Å². The van der Waals surface area contributed by atoms with Gasteiger partial charge in [-0.1, -0.05) is 29.8 Å².